The molecule has 0 aliphatic rings. The van der Waals surface area contributed by atoms with Crippen molar-refractivity contribution in [3.8, 4) is 28.6 Å². The van der Waals surface area contributed by atoms with Gasteiger partial charge >= 0.3 is 5.97 Å². The van der Waals surface area contributed by atoms with Crippen LogP contribution in [-0.2, 0) is 4.74 Å². The maximum Gasteiger partial charge on any atom is 0.358 e. The van der Waals surface area contributed by atoms with E-state index in [0.29, 0.717) is 23.0 Å². The standard InChI is InChI=1S/C20H21N3O5/c1-3-27-20(25)17-12-18(14-4-7-16(8-5-14)28-11-10-24)23(22-17)15-6-9-19(26-2)21-13-15/h4-9,12-13,24H,3,10-11H2,1-2H3. The van der Waals surface area contributed by atoms with Crippen LogP contribution in [0, 0.1) is 0 Å². The molecule has 0 amide bonds. The molecule has 0 aliphatic heterocycles. The van der Waals surface area contributed by atoms with Crippen molar-refractivity contribution in [2.24, 2.45) is 0 Å². The highest BCUT2D eigenvalue weighted by atomic mass is 16.5. The normalized spacial score (nSPS) is 10.5. The second-order valence-corrected chi connectivity index (χ2v) is 5.70. The Balaban J connectivity index is 2.00. The van der Waals surface area contributed by atoms with Crippen molar-refractivity contribution in [1.82, 2.24) is 14.8 Å². The summed E-state index contributed by atoms with van der Waals surface area (Å²) in [4.78, 5) is 16.4. The number of aliphatic hydroxyl groups excluding tert-OH is 1. The van der Waals surface area contributed by atoms with E-state index in [2.05, 4.69) is 10.1 Å². The molecule has 8 nitrogen and oxygen atoms in total. The Kier molecular flexibility index (Phi) is 6.23. The van der Waals surface area contributed by atoms with Gasteiger partial charge in [-0.3, -0.25) is 0 Å². The van der Waals surface area contributed by atoms with Gasteiger partial charge in [0.15, 0.2) is 5.69 Å². The molecular weight excluding hydrogens is 362 g/mol. The Morgan fingerprint density at radius 1 is 1.18 bits per heavy atom. The molecule has 0 atom stereocenters. The molecule has 28 heavy (non-hydrogen) atoms. The molecule has 0 unspecified atom stereocenters. The number of hydrogen-bond acceptors (Lipinski definition) is 7. The van der Waals surface area contributed by atoms with Crippen molar-refractivity contribution in [3.05, 3.63) is 54.4 Å². The number of ether oxygens (including phenoxy) is 3. The number of methoxy groups -OCH3 is 1. The van der Waals surface area contributed by atoms with E-state index in [1.54, 1.807) is 55.2 Å². The van der Waals surface area contributed by atoms with Crippen molar-refractivity contribution in [2.75, 3.05) is 26.9 Å². The fourth-order valence-corrected chi connectivity index (χ4v) is 2.59. The zero-order valence-electron chi connectivity index (χ0n) is 15.7. The number of aromatic nitrogens is 3. The van der Waals surface area contributed by atoms with E-state index < -0.39 is 5.97 Å². The Morgan fingerprint density at radius 2 is 1.96 bits per heavy atom. The predicted octanol–water partition coefficient (Wildman–Crippen LogP) is 2.49. The Bertz CT molecular complexity index is 920. The second-order valence-electron chi connectivity index (χ2n) is 5.70. The molecule has 1 aromatic carbocycles. The first-order valence-electron chi connectivity index (χ1n) is 8.78. The highest BCUT2D eigenvalue weighted by molar-refractivity contribution is 5.89. The molecule has 8 heteroatoms. The summed E-state index contributed by atoms with van der Waals surface area (Å²) in [6.07, 6.45) is 1.61. The van der Waals surface area contributed by atoms with Gasteiger partial charge in [0.05, 0.1) is 37.9 Å². The summed E-state index contributed by atoms with van der Waals surface area (Å²) in [5.74, 6) is 0.626. The number of hydrogen-bond donors (Lipinski definition) is 1. The van der Waals surface area contributed by atoms with Crippen molar-refractivity contribution in [3.63, 3.8) is 0 Å². The quantitative estimate of drug-likeness (QED) is 0.597. The van der Waals surface area contributed by atoms with Crippen LogP contribution in [0.5, 0.6) is 11.6 Å². The smallest absolute Gasteiger partial charge is 0.358 e. The van der Waals surface area contributed by atoms with Gasteiger partial charge < -0.3 is 19.3 Å². The van der Waals surface area contributed by atoms with E-state index in [9.17, 15) is 4.79 Å². The number of rotatable bonds is 8. The van der Waals surface area contributed by atoms with Gasteiger partial charge in [-0.2, -0.15) is 5.10 Å². The molecule has 2 heterocycles. The number of carbonyl (C=O) groups is 1. The molecule has 0 saturated carbocycles. The highest BCUT2D eigenvalue weighted by Gasteiger charge is 2.18. The van der Waals surface area contributed by atoms with Crippen LogP contribution in [0.25, 0.3) is 16.9 Å². The number of pyridine rings is 1. The second kappa shape index (κ2) is 9.01. The number of nitrogens with zero attached hydrogens (tertiary/aromatic N) is 3. The molecule has 1 N–H and O–H groups in total. The lowest BCUT2D eigenvalue weighted by molar-refractivity contribution is 0.0519. The molecule has 2 aromatic heterocycles. The van der Waals surface area contributed by atoms with Gasteiger partial charge in [-0.1, -0.05) is 0 Å². The van der Waals surface area contributed by atoms with Gasteiger partial charge in [-0.05, 0) is 43.3 Å². The molecule has 146 valence electrons. The van der Waals surface area contributed by atoms with Crippen LogP contribution in [-0.4, -0.2) is 52.8 Å². The Labute approximate surface area is 162 Å². The minimum atomic E-state index is -0.494. The number of esters is 1. The first-order valence-corrected chi connectivity index (χ1v) is 8.78. The van der Waals surface area contributed by atoms with Crippen molar-refractivity contribution >= 4 is 5.97 Å². The minimum absolute atomic E-state index is 0.0537. The van der Waals surface area contributed by atoms with E-state index >= 15 is 0 Å². The molecule has 0 fully saturated rings. The summed E-state index contributed by atoms with van der Waals surface area (Å²) in [5, 5.41) is 13.3. The van der Waals surface area contributed by atoms with Crippen LogP contribution in [0.15, 0.2) is 48.7 Å². The number of carbonyl (C=O) groups excluding carboxylic acids is 1. The average molecular weight is 383 g/mol. The third-order valence-corrected chi connectivity index (χ3v) is 3.88. The first kappa shape index (κ1) is 19.4. The highest BCUT2D eigenvalue weighted by Crippen LogP contribution is 2.26. The lowest BCUT2D eigenvalue weighted by atomic mass is 10.1. The fraction of sp³-hybridized carbons (Fsp3) is 0.250. The maximum absolute atomic E-state index is 12.2. The molecule has 0 bridgehead atoms. The van der Waals surface area contributed by atoms with E-state index in [1.807, 2.05) is 12.1 Å². The van der Waals surface area contributed by atoms with Crippen LogP contribution < -0.4 is 9.47 Å². The summed E-state index contributed by atoms with van der Waals surface area (Å²) in [5.41, 5.74) is 2.40. The van der Waals surface area contributed by atoms with Crippen LogP contribution in [0.1, 0.15) is 17.4 Å². The topological polar surface area (TPSA) is 95.7 Å². The van der Waals surface area contributed by atoms with Gasteiger partial charge in [0.25, 0.3) is 0 Å². The van der Waals surface area contributed by atoms with Crippen LogP contribution in [0.3, 0.4) is 0 Å². The molecule has 0 aliphatic carbocycles. The Morgan fingerprint density at radius 3 is 2.57 bits per heavy atom. The molecule has 3 rings (SSSR count). The molecule has 3 aromatic rings. The zero-order valence-corrected chi connectivity index (χ0v) is 15.7. The SMILES string of the molecule is CCOC(=O)c1cc(-c2ccc(OCCO)cc2)n(-c2ccc(OC)nc2)n1. The maximum atomic E-state index is 12.2. The van der Waals surface area contributed by atoms with Crippen LogP contribution >= 0.6 is 0 Å². The van der Waals surface area contributed by atoms with Crippen molar-refractivity contribution < 1.29 is 24.1 Å². The van der Waals surface area contributed by atoms with Crippen LogP contribution in [0.2, 0.25) is 0 Å². The zero-order chi connectivity index (χ0) is 19.9. The summed E-state index contributed by atoms with van der Waals surface area (Å²) in [7, 11) is 1.54. The van der Waals surface area contributed by atoms with Gasteiger partial charge in [-0.15, -0.1) is 0 Å². The summed E-state index contributed by atoms with van der Waals surface area (Å²) in [6, 6.07) is 12.5. The molecule has 0 spiro atoms. The number of aliphatic hydroxyl groups is 1. The lowest BCUT2D eigenvalue weighted by Gasteiger charge is -2.09. The summed E-state index contributed by atoms with van der Waals surface area (Å²) in [6.45, 7) is 2.18. The molecular formula is C20H21N3O5. The van der Waals surface area contributed by atoms with Crippen molar-refractivity contribution in [2.45, 2.75) is 6.92 Å². The van der Waals surface area contributed by atoms with Crippen LogP contribution in [0.4, 0.5) is 0 Å². The predicted molar refractivity (Wildman–Crippen MR) is 102 cm³/mol. The summed E-state index contributed by atoms with van der Waals surface area (Å²) < 4.78 is 17.2. The van der Waals surface area contributed by atoms with E-state index in [1.165, 1.54) is 0 Å². The average Bonchev–Trinajstić information content (AvgIpc) is 3.18. The fourth-order valence-electron chi connectivity index (χ4n) is 2.59. The van der Waals surface area contributed by atoms with Gasteiger partial charge in [0.2, 0.25) is 5.88 Å². The first-order chi connectivity index (χ1) is 13.7. The Hall–Kier alpha value is -3.39. The summed E-state index contributed by atoms with van der Waals surface area (Å²) >= 11 is 0. The molecule has 0 radical (unpaired) electrons. The molecule has 0 saturated heterocycles. The number of benzene rings is 1. The van der Waals surface area contributed by atoms with Gasteiger partial charge in [-0.25, -0.2) is 14.5 Å². The third-order valence-electron chi connectivity index (χ3n) is 3.88. The van der Waals surface area contributed by atoms with Gasteiger partial charge in [0.1, 0.15) is 12.4 Å². The minimum Gasteiger partial charge on any atom is -0.491 e. The van der Waals surface area contributed by atoms with E-state index in [0.717, 1.165) is 5.56 Å². The monoisotopic (exact) mass is 383 g/mol. The largest absolute Gasteiger partial charge is 0.491 e. The lowest BCUT2D eigenvalue weighted by Crippen LogP contribution is -2.07. The van der Waals surface area contributed by atoms with Gasteiger partial charge in [0, 0.05) is 11.6 Å². The van der Waals surface area contributed by atoms with E-state index in [-0.39, 0.29) is 25.5 Å². The van der Waals surface area contributed by atoms with Crippen molar-refractivity contribution in [1.29, 1.82) is 0 Å². The third kappa shape index (κ3) is 4.29. The van der Waals surface area contributed by atoms with E-state index in [4.69, 9.17) is 19.3 Å².